The van der Waals surface area contributed by atoms with Gasteiger partial charge in [0.25, 0.3) is 0 Å². The normalized spacial score (nSPS) is 17.6. The standard InChI is InChI=1S/C33H39NO3/c1-24-31(8-7-9-33(24)36-3)32-23-26-12-15-30(35-2)22-27(26)21-28(32)20-25-10-13-29(14-11-25)37-19-18-34-16-5-4-6-17-34/h7-15,22-23,28H,4-6,16-21H2,1-3H3. The van der Waals surface area contributed by atoms with E-state index >= 15 is 0 Å². The summed E-state index contributed by atoms with van der Waals surface area (Å²) in [5, 5.41) is 0. The van der Waals surface area contributed by atoms with E-state index in [0.717, 1.165) is 43.2 Å². The van der Waals surface area contributed by atoms with Crippen LogP contribution < -0.4 is 14.2 Å². The number of methoxy groups -OCH3 is 2. The first-order valence-electron chi connectivity index (χ1n) is 13.6. The Kier molecular flexibility index (Phi) is 8.15. The van der Waals surface area contributed by atoms with Crippen molar-refractivity contribution < 1.29 is 14.2 Å². The van der Waals surface area contributed by atoms with E-state index in [9.17, 15) is 0 Å². The zero-order valence-electron chi connectivity index (χ0n) is 22.5. The maximum absolute atomic E-state index is 6.08. The monoisotopic (exact) mass is 497 g/mol. The second-order valence-corrected chi connectivity index (χ2v) is 10.3. The van der Waals surface area contributed by atoms with Gasteiger partial charge in [-0.1, -0.05) is 42.8 Å². The number of allylic oxidation sites excluding steroid dienone is 1. The molecule has 0 radical (unpaired) electrons. The van der Waals surface area contributed by atoms with Gasteiger partial charge in [-0.15, -0.1) is 0 Å². The fourth-order valence-electron chi connectivity index (χ4n) is 5.80. The molecular weight excluding hydrogens is 458 g/mol. The highest BCUT2D eigenvalue weighted by Gasteiger charge is 2.25. The van der Waals surface area contributed by atoms with Gasteiger partial charge in [0, 0.05) is 6.54 Å². The first kappa shape index (κ1) is 25.4. The van der Waals surface area contributed by atoms with Crippen LogP contribution in [-0.4, -0.2) is 45.4 Å². The molecule has 1 saturated heterocycles. The van der Waals surface area contributed by atoms with Gasteiger partial charge in [-0.2, -0.15) is 0 Å². The molecule has 0 saturated carbocycles. The molecule has 194 valence electrons. The second kappa shape index (κ2) is 11.9. The van der Waals surface area contributed by atoms with Gasteiger partial charge in [0.1, 0.15) is 23.9 Å². The Morgan fingerprint density at radius 1 is 0.865 bits per heavy atom. The fourth-order valence-corrected chi connectivity index (χ4v) is 5.80. The van der Waals surface area contributed by atoms with Crippen LogP contribution in [0.2, 0.25) is 0 Å². The van der Waals surface area contributed by atoms with E-state index < -0.39 is 0 Å². The summed E-state index contributed by atoms with van der Waals surface area (Å²) in [5.74, 6) is 3.16. The summed E-state index contributed by atoms with van der Waals surface area (Å²) in [5.41, 5.74) is 7.76. The number of nitrogens with zero attached hydrogens (tertiary/aromatic N) is 1. The summed E-state index contributed by atoms with van der Waals surface area (Å²) in [4.78, 5) is 2.52. The van der Waals surface area contributed by atoms with Crippen LogP contribution in [0, 0.1) is 12.8 Å². The van der Waals surface area contributed by atoms with Crippen LogP contribution in [0.25, 0.3) is 11.6 Å². The van der Waals surface area contributed by atoms with Crippen molar-refractivity contribution >= 4 is 11.6 Å². The van der Waals surface area contributed by atoms with Crippen LogP contribution in [0.5, 0.6) is 17.2 Å². The van der Waals surface area contributed by atoms with Gasteiger partial charge in [-0.05, 0) is 115 Å². The number of fused-ring (bicyclic) bond motifs is 1. The summed E-state index contributed by atoms with van der Waals surface area (Å²) in [7, 11) is 3.48. The molecule has 1 atom stereocenters. The largest absolute Gasteiger partial charge is 0.497 e. The lowest BCUT2D eigenvalue weighted by Gasteiger charge is -2.28. The van der Waals surface area contributed by atoms with Crippen molar-refractivity contribution in [3.63, 3.8) is 0 Å². The molecule has 0 amide bonds. The highest BCUT2D eigenvalue weighted by atomic mass is 16.5. The molecule has 5 rings (SSSR count). The van der Waals surface area contributed by atoms with Gasteiger partial charge >= 0.3 is 0 Å². The van der Waals surface area contributed by atoms with Crippen molar-refractivity contribution in [2.24, 2.45) is 5.92 Å². The Bertz CT molecular complexity index is 1220. The molecular formula is C33H39NO3. The van der Waals surface area contributed by atoms with Crippen LogP contribution in [0.3, 0.4) is 0 Å². The molecule has 1 aliphatic heterocycles. The molecule has 2 aliphatic rings. The highest BCUT2D eigenvalue weighted by Crippen LogP contribution is 2.40. The lowest BCUT2D eigenvalue weighted by Crippen LogP contribution is -2.33. The minimum absolute atomic E-state index is 0.358. The molecule has 3 aromatic carbocycles. The zero-order valence-corrected chi connectivity index (χ0v) is 22.5. The number of ether oxygens (including phenoxy) is 3. The molecule has 3 aromatic rings. The van der Waals surface area contributed by atoms with Crippen LogP contribution in [0.1, 0.15) is 47.1 Å². The van der Waals surface area contributed by atoms with Gasteiger partial charge in [0.05, 0.1) is 14.2 Å². The molecule has 4 nitrogen and oxygen atoms in total. The Labute approximate surface area is 221 Å². The third-order valence-electron chi connectivity index (χ3n) is 7.91. The quantitative estimate of drug-likeness (QED) is 0.324. The maximum atomic E-state index is 6.08. The average molecular weight is 498 g/mol. The van der Waals surface area contributed by atoms with E-state index in [1.54, 1.807) is 14.2 Å². The van der Waals surface area contributed by atoms with Crippen molar-refractivity contribution in [3.8, 4) is 17.2 Å². The second-order valence-electron chi connectivity index (χ2n) is 10.3. The van der Waals surface area contributed by atoms with Gasteiger partial charge in [0.15, 0.2) is 0 Å². The topological polar surface area (TPSA) is 30.9 Å². The molecule has 0 spiro atoms. The molecule has 1 heterocycles. The van der Waals surface area contributed by atoms with Crippen LogP contribution in [0.15, 0.2) is 60.7 Å². The van der Waals surface area contributed by atoms with Gasteiger partial charge in [-0.25, -0.2) is 0 Å². The summed E-state index contributed by atoms with van der Waals surface area (Å²) in [6.45, 7) is 6.34. The predicted octanol–water partition coefficient (Wildman–Crippen LogP) is 6.83. The van der Waals surface area contributed by atoms with E-state index in [2.05, 4.69) is 72.5 Å². The Morgan fingerprint density at radius 2 is 1.65 bits per heavy atom. The molecule has 1 unspecified atom stereocenters. The molecule has 0 bridgehead atoms. The number of hydrogen-bond acceptors (Lipinski definition) is 4. The van der Waals surface area contributed by atoms with Crippen LogP contribution in [-0.2, 0) is 12.8 Å². The Morgan fingerprint density at radius 3 is 2.41 bits per heavy atom. The smallest absolute Gasteiger partial charge is 0.122 e. The minimum atomic E-state index is 0.358. The maximum Gasteiger partial charge on any atom is 0.122 e. The fraction of sp³-hybridized carbons (Fsp3) is 0.394. The van der Waals surface area contributed by atoms with Gasteiger partial charge in [-0.3, -0.25) is 4.90 Å². The van der Waals surface area contributed by atoms with Crippen LogP contribution >= 0.6 is 0 Å². The molecule has 4 heteroatoms. The summed E-state index contributed by atoms with van der Waals surface area (Å²) in [6.07, 6.45) is 8.31. The van der Waals surface area contributed by atoms with Gasteiger partial charge in [0.2, 0.25) is 0 Å². The lowest BCUT2D eigenvalue weighted by atomic mass is 9.76. The van der Waals surface area contributed by atoms with E-state index in [4.69, 9.17) is 14.2 Å². The number of rotatable bonds is 9. The van der Waals surface area contributed by atoms with Crippen molar-refractivity contribution in [3.05, 3.63) is 88.5 Å². The first-order valence-corrected chi connectivity index (χ1v) is 13.6. The zero-order chi connectivity index (χ0) is 25.6. The first-order chi connectivity index (χ1) is 18.1. The molecule has 1 aliphatic carbocycles. The lowest BCUT2D eigenvalue weighted by molar-refractivity contribution is 0.183. The minimum Gasteiger partial charge on any atom is -0.497 e. The van der Waals surface area contributed by atoms with E-state index in [1.165, 1.54) is 65.7 Å². The Hall–Kier alpha value is -3.24. The number of piperidine rings is 1. The summed E-state index contributed by atoms with van der Waals surface area (Å²) < 4.78 is 17.3. The molecule has 0 N–H and O–H groups in total. The van der Waals surface area contributed by atoms with Crippen LogP contribution in [0.4, 0.5) is 0 Å². The van der Waals surface area contributed by atoms with E-state index in [1.807, 2.05) is 6.07 Å². The molecule has 37 heavy (non-hydrogen) atoms. The van der Waals surface area contributed by atoms with Crippen molar-refractivity contribution in [1.29, 1.82) is 0 Å². The SMILES string of the molecule is COc1ccc2c(c1)CC(Cc1ccc(OCCN3CCCCC3)cc1)C(c1cccc(OC)c1C)=C2. The van der Waals surface area contributed by atoms with Crippen molar-refractivity contribution in [1.82, 2.24) is 4.90 Å². The number of likely N-dealkylation sites (tertiary alicyclic amines) is 1. The number of benzene rings is 3. The summed E-state index contributed by atoms with van der Waals surface area (Å²) in [6, 6.07) is 21.5. The highest BCUT2D eigenvalue weighted by molar-refractivity contribution is 5.87. The predicted molar refractivity (Wildman–Crippen MR) is 152 cm³/mol. The third kappa shape index (κ3) is 6.02. The van der Waals surface area contributed by atoms with Crippen molar-refractivity contribution in [2.45, 2.75) is 39.0 Å². The average Bonchev–Trinajstić information content (AvgIpc) is 2.94. The Balaban J connectivity index is 1.34. The third-order valence-corrected chi connectivity index (χ3v) is 7.91. The molecule has 0 aromatic heterocycles. The van der Waals surface area contributed by atoms with Crippen molar-refractivity contribution in [2.75, 3.05) is 40.5 Å². The van der Waals surface area contributed by atoms with Gasteiger partial charge < -0.3 is 14.2 Å². The van der Waals surface area contributed by atoms with E-state index in [0.29, 0.717) is 5.92 Å². The number of hydrogen-bond donors (Lipinski definition) is 0. The molecule has 1 fully saturated rings. The van der Waals surface area contributed by atoms with E-state index in [-0.39, 0.29) is 0 Å². The summed E-state index contributed by atoms with van der Waals surface area (Å²) >= 11 is 0.